The van der Waals surface area contributed by atoms with Crippen LogP contribution in [0.5, 0.6) is 0 Å². The summed E-state index contributed by atoms with van der Waals surface area (Å²) in [5.41, 5.74) is 2.17. The topological polar surface area (TPSA) is 38.8 Å². The average Bonchev–Trinajstić information content (AvgIpc) is 3.07. The van der Waals surface area contributed by atoms with E-state index < -0.39 is 12.7 Å². The molecule has 0 aromatic heterocycles. The number of nitrogens with one attached hydrogen (secondary N) is 1. The molecule has 150 valence electrons. The van der Waals surface area contributed by atoms with E-state index >= 15 is 0 Å². The van der Waals surface area contributed by atoms with E-state index in [2.05, 4.69) is 34.3 Å². The molecule has 1 amide bonds. The first-order chi connectivity index (χ1) is 12.8. The third-order valence-corrected chi connectivity index (χ3v) is 5.32. The fourth-order valence-electron chi connectivity index (χ4n) is 3.67. The van der Waals surface area contributed by atoms with E-state index in [9.17, 15) is 18.0 Å². The minimum absolute atomic E-state index is 0.164. The molecule has 1 aromatic rings. The van der Waals surface area contributed by atoms with Crippen LogP contribution < -0.4 is 10.2 Å². The molecular formula is C19H27F3N4O. The first kappa shape index (κ1) is 19.9. The van der Waals surface area contributed by atoms with Gasteiger partial charge in [0.15, 0.2) is 0 Å². The number of hydrogen-bond donors (Lipinski definition) is 1. The van der Waals surface area contributed by atoms with Gasteiger partial charge in [0.25, 0.3) is 0 Å². The van der Waals surface area contributed by atoms with Gasteiger partial charge >= 0.3 is 6.18 Å². The van der Waals surface area contributed by atoms with E-state index in [4.69, 9.17) is 0 Å². The standard InChI is InChI=1S/C19H27F3N4O/c1-24-8-10-26(11-9-24)17-4-2-15(3-5-17)12-23-18(27)16-6-7-25(13-16)14-19(20,21)22/h2-5,16H,6-14H2,1H3,(H,23,27). The van der Waals surface area contributed by atoms with Crippen LogP contribution in [0.3, 0.4) is 0 Å². The first-order valence-electron chi connectivity index (χ1n) is 9.39. The van der Waals surface area contributed by atoms with Crippen LogP contribution >= 0.6 is 0 Å². The largest absolute Gasteiger partial charge is 0.401 e. The van der Waals surface area contributed by atoms with Crippen molar-refractivity contribution in [3.63, 3.8) is 0 Å². The number of halogens is 3. The Labute approximate surface area is 158 Å². The van der Waals surface area contributed by atoms with Gasteiger partial charge in [-0.05, 0) is 37.7 Å². The molecule has 1 N–H and O–H groups in total. The fraction of sp³-hybridized carbons (Fsp3) is 0.632. The Morgan fingerprint density at radius 2 is 1.78 bits per heavy atom. The second kappa shape index (κ2) is 8.48. The highest BCUT2D eigenvalue weighted by atomic mass is 19.4. The van der Waals surface area contributed by atoms with Crippen molar-refractivity contribution < 1.29 is 18.0 Å². The maximum atomic E-state index is 12.4. The van der Waals surface area contributed by atoms with E-state index in [-0.39, 0.29) is 18.4 Å². The summed E-state index contributed by atoms with van der Waals surface area (Å²) in [6.45, 7) is 4.05. The van der Waals surface area contributed by atoms with E-state index in [1.54, 1.807) is 0 Å². The van der Waals surface area contributed by atoms with Gasteiger partial charge in [-0.2, -0.15) is 13.2 Å². The summed E-state index contributed by atoms with van der Waals surface area (Å²) in [4.78, 5) is 18.2. The number of hydrogen-bond acceptors (Lipinski definition) is 4. The molecule has 3 rings (SSSR count). The molecule has 27 heavy (non-hydrogen) atoms. The number of amides is 1. The van der Waals surface area contributed by atoms with Gasteiger partial charge in [-0.3, -0.25) is 9.69 Å². The second-order valence-electron chi connectivity index (χ2n) is 7.51. The molecule has 8 heteroatoms. The number of rotatable bonds is 5. The van der Waals surface area contributed by atoms with Crippen molar-refractivity contribution in [3.8, 4) is 0 Å². The summed E-state index contributed by atoms with van der Waals surface area (Å²) < 4.78 is 37.3. The van der Waals surface area contributed by atoms with Gasteiger partial charge in [0.05, 0.1) is 12.5 Å². The monoisotopic (exact) mass is 384 g/mol. The van der Waals surface area contributed by atoms with Crippen molar-refractivity contribution >= 4 is 11.6 Å². The summed E-state index contributed by atoms with van der Waals surface area (Å²) >= 11 is 0. The van der Waals surface area contributed by atoms with Crippen molar-refractivity contribution in [2.75, 3.05) is 57.8 Å². The van der Waals surface area contributed by atoms with Crippen molar-refractivity contribution in [3.05, 3.63) is 29.8 Å². The van der Waals surface area contributed by atoms with Crippen LogP contribution in [0, 0.1) is 5.92 Å². The molecule has 0 saturated carbocycles. The third kappa shape index (κ3) is 5.84. The molecule has 1 aromatic carbocycles. The molecule has 1 unspecified atom stereocenters. The molecule has 2 heterocycles. The normalized spacial score (nSPS) is 22.2. The van der Waals surface area contributed by atoms with Crippen LogP contribution in [0.25, 0.3) is 0 Å². The number of likely N-dealkylation sites (tertiary alicyclic amines) is 1. The van der Waals surface area contributed by atoms with Crippen LogP contribution in [0.4, 0.5) is 18.9 Å². The molecule has 0 spiro atoms. The lowest BCUT2D eigenvalue weighted by Crippen LogP contribution is -2.44. The van der Waals surface area contributed by atoms with Crippen LogP contribution in [-0.2, 0) is 11.3 Å². The lowest BCUT2D eigenvalue weighted by molar-refractivity contribution is -0.144. The molecular weight excluding hydrogens is 357 g/mol. The van der Waals surface area contributed by atoms with Gasteiger partial charge in [-0.15, -0.1) is 0 Å². The molecule has 2 fully saturated rings. The number of nitrogens with zero attached hydrogens (tertiary/aromatic N) is 3. The summed E-state index contributed by atoms with van der Waals surface area (Å²) in [6, 6.07) is 8.12. The van der Waals surface area contributed by atoms with Crippen molar-refractivity contribution in [2.45, 2.75) is 19.1 Å². The van der Waals surface area contributed by atoms with E-state index in [0.29, 0.717) is 19.5 Å². The molecule has 5 nitrogen and oxygen atoms in total. The molecule has 0 radical (unpaired) electrons. The van der Waals surface area contributed by atoms with Gasteiger partial charge in [-0.1, -0.05) is 12.1 Å². The lowest BCUT2D eigenvalue weighted by atomic mass is 10.1. The average molecular weight is 384 g/mol. The van der Waals surface area contributed by atoms with Gasteiger partial charge < -0.3 is 15.1 Å². The van der Waals surface area contributed by atoms with E-state index in [0.717, 1.165) is 31.7 Å². The summed E-state index contributed by atoms with van der Waals surface area (Å²) in [5.74, 6) is -0.528. The zero-order valence-electron chi connectivity index (χ0n) is 15.6. The molecule has 0 bridgehead atoms. The predicted molar refractivity (Wildman–Crippen MR) is 98.6 cm³/mol. The number of alkyl halides is 3. The van der Waals surface area contributed by atoms with Crippen LogP contribution in [0.2, 0.25) is 0 Å². The Hall–Kier alpha value is -1.80. The summed E-state index contributed by atoms with van der Waals surface area (Å²) in [5, 5.41) is 2.86. The number of carbonyl (C=O) groups is 1. The Kier molecular flexibility index (Phi) is 6.26. The zero-order chi connectivity index (χ0) is 19.4. The van der Waals surface area contributed by atoms with Gasteiger partial charge in [0, 0.05) is 45.0 Å². The van der Waals surface area contributed by atoms with Gasteiger partial charge in [0.2, 0.25) is 5.91 Å². The fourth-order valence-corrected chi connectivity index (χ4v) is 3.67. The Morgan fingerprint density at radius 1 is 1.11 bits per heavy atom. The number of anilines is 1. The first-order valence-corrected chi connectivity index (χ1v) is 9.39. The number of likely N-dealkylation sites (N-methyl/N-ethyl adjacent to an activating group) is 1. The van der Waals surface area contributed by atoms with Crippen molar-refractivity contribution in [2.24, 2.45) is 5.92 Å². The Morgan fingerprint density at radius 3 is 2.41 bits per heavy atom. The highest BCUT2D eigenvalue weighted by Gasteiger charge is 2.36. The van der Waals surface area contributed by atoms with Crippen molar-refractivity contribution in [1.82, 2.24) is 15.1 Å². The molecule has 2 saturated heterocycles. The van der Waals surface area contributed by atoms with Crippen LogP contribution in [0.1, 0.15) is 12.0 Å². The van der Waals surface area contributed by atoms with E-state index in [1.165, 1.54) is 10.6 Å². The third-order valence-electron chi connectivity index (χ3n) is 5.32. The maximum Gasteiger partial charge on any atom is 0.401 e. The number of piperazine rings is 1. The quantitative estimate of drug-likeness (QED) is 0.842. The molecule has 2 aliphatic rings. The summed E-state index contributed by atoms with van der Waals surface area (Å²) in [7, 11) is 2.12. The van der Waals surface area contributed by atoms with Crippen LogP contribution in [0.15, 0.2) is 24.3 Å². The predicted octanol–water partition coefficient (Wildman–Crippen LogP) is 1.94. The summed E-state index contributed by atoms with van der Waals surface area (Å²) in [6.07, 6.45) is -3.73. The molecule has 1 atom stereocenters. The second-order valence-corrected chi connectivity index (χ2v) is 7.51. The highest BCUT2D eigenvalue weighted by Crippen LogP contribution is 2.23. The van der Waals surface area contributed by atoms with Crippen molar-refractivity contribution in [1.29, 1.82) is 0 Å². The SMILES string of the molecule is CN1CCN(c2ccc(CNC(=O)C3CCN(CC(F)(F)F)C3)cc2)CC1. The van der Waals surface area contributed by atoms with Gasteiger partial charge in [-0.25, -0.2) is 0 Å². The molecule has 2 aliphatic heterocycles. The Balaban J connectivity index is 1.44. The maximum absolute atomic E-state index is 12.4. The lowest BCUT2D eigenvalue weighted by Gasteiger charge is -2.34. The Bertz CT molecular complexity index is 627. The zero-order valence-corrected chi connectivity index (χ0v) is 15.6. The molecule has 0 aliphatic carbocycles. The van der Waals surface area contributed by atoms with E-state index in [1.807, 2.05) is 12.1 Å². The minimum Gasteiger partial charge on any atom is -0.369 e. The smallest absolute Gasteiger partial charge is 0.369 e. The van der Waals surface area contributed by atoms with Crippen LogP contribution in [-0.4, -0.2) is 74.7 Å². The van der Waals surface area contributed by atoms with Gasteiger partial charge in [0.1, 0.15) is 0 Å². The highest BCUT2D eigenvalue weighted by molar-refractivity contribution is 5.79. The number of carbonyl (C=O) groups excluding carboxylic acids is 1. The number of benzene rings is 1. The minimum atomic E-state index is -4.21.